The van der Waals surface area contributed by atoms with E-state index in [-0.39, 0.29) is 12.6 Å². The van der Waals surface area contributed by atoms with Crippen LogP contribution in [0.5, 0.6) is 0 Å². The first-order valence-corrected chi connectivity index (χ1v) is 7.04. The van der Waals surface area contributed by atoms with Crippen molar-refractivity contribution in [3.05, 3.63) is 59.4 Å². The number of aromatic nitrogens is 1. The summed E-state index contributed by atoms with van der Waals surface area (Å²) in [6.45, 7) is 0.221. The highest BCUT2D eigenvalue weighted by Crippen LogP contribution is 2.17. The van der Waals surface area contributed by atoms with Gasteiger partial charge in [0.15, 0.2) is 0 Å². The summed E-state index contributed by atoms with van der Waals surface area (Å²) in [4.78, 5) is 16.5. The van der Waals surface area contributed by atoms with Gasteiger partial charge in [0.25, 0.3) is 0 Å². The van der Waals surface area contributed by atoms with Crippen molar-refractivity contribution in [1.29, 1.82) is 0 Å². The molecule has 0 aliphatic carbocycles. The van der Waals surface area contributed by atoms with Crippen LogP contribution in [0.3, 0.4) is 0 Å². The largest absolute Gasteiger partial charge is 0.460 e. The van der Waals surface area contributed by atoms with Gasteiger partial charge in [0.1, 0.15) is 11.8 Å². The summed E-state index contributed by atoms with van der Waals surface area (Å²) in [6.07, 6.45) is 1.60. The normalized spacial score (nSPS) is 10.2. The Labute approximate surface area is 121 Å². The Kier molecular flexibility index (Phi) is 5.24. The monoisotopic (exact) mass is 293 g/mol. The van der Waals surface area contributed by atoms with Crippen LogP contribution in [0.2, 0.25) is 5.15 Å². The number of nitrogens with zero attached hydrogens (tertiary/aromatic N) is 1. The van der Waals surface area contributed by atoms with Crippen LogP contribution in [-0.4, -0.2) is 16.7 Å². The summed E-state index contributed by atoms with van der Waals surface area (Å²) in [5, 5.41) is 0.426. The standard InChI is InChI=1S/C14H12ClNO2S/c15-13-7-6-11(8-16-13)9-18-14(17)10-19-12-4-2-1-3-5-12/h1-8H,9-10H2. The minimum atomic E-state index is -0.246. The SMILES string of the molecule is O=C(CSc1ccccc1)OCc1ccc(Cl)nc1. The third-order valence-electron chi connectivity index (χ3n) is 2.29. The van der Waals surface area contributed by atoms with Crippen molar-refractivity contribution in [3.63, 3.8) is 0 Å². The number of rotatable bonds is 5. The molecule has 0 fully saturated rings. The van der Waals surface area contributed by atoms with Crippen LogP contribution in [0.4, 0.5) is 0 Å². The van der Waals surface area contributed by atoms with E-state index in [1.165, 1.54) is 11.8 Å². The van der Waals surface area contributed by atoms with Gasteiger partial charge < -0.3 is 4.74 Å². The van der Waals surface area contributed by atoms with Crippen molar-refractivity contribution in [2.45, 2.75) is 11.5 Å². The molecule has 1 aromatic heterocycles. The summed E-state index contributed by atoms with van der Waals surface area (Å²) in [5.74, 6) is 0.0502. The molecule has 0 saturated heterocycles. The zero-order chi connectivity index (χ0) is 13.5. The van der Waals surface area contributed by atoms with E-state index in [4.69, 9.17) is 16.3 Å². The van der Waals surface area contributed by atoms with Crippen LogP contribution in [0.15, 0.2) is 53.6 Å². The Morgan fingerprint density at radius 2 is 2.00 bits per heavy atom. The molecule has 19 heavy (non-hydrogen) atoms. The van der Waals surface area contributed by atoms with Gasteiger partial charge in [0, 0.05) is 16.7 Å². The number of thioether (sulfide) groups is 1. The molecule has 98 valence electrons. The van der Waals surface area contributed by atoms with Crippen molar-refractivity contribution < 1.29 is 9.53 Å². The number of hydrogen-bond acceptors (Lipinski definition) is 4. The number of esters is 1. The first-order valence-electron chi connectivity index (χ1n) is 5.68. The molecule has 0 aliphatic rings. The maximum absolute atomic E-state index is 11.6. The third kappa shape index (κ3) is 4.93. The highest BCUT2D eigenvalue weighted by Gasteiger charge is 2.04. The first-order chi connectivity index (χ1) is 9.24. The van der Waals surface area contributed by atoms with E-state index in [0.717, 1.165) is 10.5 Å². The fraction of sp³-hybridized carbons (Fsp3) is 0.143. The summed E-state index contributed by atoms with van der Waals surface area (Å²) < 4.78 is 5.15. The van der Waals surface area contributed by atoms with Gasteiger partial charge in [-0.2, -0.15) is 0 Å². The number of hydrogen-bond donors (Lipinski definition) is 0. The summed E-state index contributed by atoms with van der Waals surface area (Å²) >= 11 is 7.12. The summed E-state index contributed by atoms with van der Waals surface area (Å²) in [7, 11) is 0. The van der Waals surface area contributed by atoms with Gasteiger partial charge >= 0.3 is 5.97 Å². The van der Waals surface area contributed by atoms with Crippen LogP contribution in [0.1, 0.15) is 5.56 Å². The minimum absolute atomic E-state index is 0.221. The Balaban J connectivity index is 1.74. The van der Waals surface area contributed by atoms with Gasteiger partial charge in [-0.15, -0.1) is 11.8 Å². The molecule has 0 aliphatic heterocycles. The van der Waals surface area contributed by atoms with Gasteiger partial charge in [-0.3, -0.25) is 4.79 Å². The van der Waals surface area contributed by atoms with E-state index < -0.39 is 0 Å². The molecule has 0 amide bonds. The van der Waals surface area contributed by atoms with Crippen LogP contribution >= 0.6 is 23.4 Å². The molecule has 0 saturated carbocycles. The van der Waals surface area contributed by atoms with Crippen LogP contribution in [0.25, 0.3) is 0 Å². The highest BCUT2D eigenvalue weighted by molar-refractivity contribution is 8.00. The molecular formula is C14H12ClNO2S. The van der Waals surface area contributed by atoms with Crippen LogP contribution < -0.4 is 0 Å². The Bertz CT molecular complexity index is 531. The second kappa shape index (κ2) is 7.16. The number of ether oxygens (including phenoxy) is 1. The fourth-order valence-electron chi connectivity index (χ4n) is 1.36. The molecule has 0 radical (unpaired) electrons. The number of halogens is 1. The smallest absolute Gasteiger partial charge is 0.316 e. The second-order valence-electron chi connectivity index (χ2n) is 3.75. The molecule has 0 unspecified atom stereocenters. The van der Waals surface area contributed by atoms with E-state index in [9.17, 15) is 4.79 Å². The average Bonchev–Trinajstić information content (AvgIpc) is 2.45. The number of carbonyl (C=O) groups is 1. The summed E-state index contributed by atoms with van der Waals surface area (Å²) in [5.41, 5.74) is 0.822. The molecular weight excluding hydrogens is 282 g/mol. The molecule has 1 heterocycles. The molecule has 2 aromatic rings. The van der Waals surface area contributed by atoms with E-state index in [1.807, 2.05) is 30.3 Å². The lowest BCUT2D eigenvalue weighted by Gasteiger charge is -2.04. The Hall–Kier alpha value is -1.52. The van der Waals surface area contributed by atoms with Gasteiger partial charge in [0.05, 0.1) is 5.75 Å². The van der Waals surface area contributed by atoms with E-state index in [0.29, 0.717) is 10.9 Å². The molecule has 5 heteroatoms. The average molecular weight is 294 g/mol. The third-order valence-corrected chi connectivity index (χ3v) is 3.50. The van der Waals surface area contributed by atoms with Gasteiger partial charge in [-0.05, 0) is 18.2 Å². The first kappa shape index (κ1) is 13.9. The van der Waals surface area contributed by atoms with Crippen LogP contribution in [-0.2, 0) is 16.1 Å². The predicted octanol–water partition coefficient (Wildman–Crippen LogP) is 3.57. The molecule has 2 rings (SSSR count). The lowest BCUT2D eigenvalue weighted by molar-refractivity contribution is -0.141. The lowest BCUT2D eigenvalue weighted by Crippen LogP contribution is -2.07. The predicted molar refractivity (Wildman–Crippen MR) is 76.2 cm³/mol. The lowest BCUT2D eigenvalue weighted by atomic mass is 10.3. The number of carbonyl (C=O) groups excluding carboxylic acids is 1. The van der Waals surface area contributed by atoms with Crippen molar-refractivity contribution in [2.75, 3.05) is 5.75 Å². The zero-order valence-corrected chi connectivity index (χ0v) is 11.7. The molecule has 0 atom stereocenters. The molecule has 0 N–H and O–H groups in total. The van der Waals surface area contributed by atoms with E-state index in [1.54, 1.807) is 18.3 Å². The Morgan fingerprint density at radius 3 is 2.68 bits per heavy atom. The van der Waals surface area contributed by atoms with E-state index >= 15 is 0 Å². The van der Waals surface area contributed by atoms with Crippen molar-refractivity contribution >= 4 is 29.3 Å². The maximum Gasteiger partial charge on any atom is 0.316 e. The zero-order valence-electron chi connectivity index (χ0n) is 10.1. The van der Waals surface area contributed by atoms with Crippen molar-refractivity contribution in [2.24, 2.45) is 0 Å². The summed E-state index contributed by atoms with van der Waals surface area (Å²) in [6, 6.07) is 13.2. The van der Waals surface area contributed by atoms with Gasteiger partial charge in [0.2, 0.25) is 0 Å². The highest BCUT2D eigenvalue weighted by atomic mass is 35.5. The number of pyridine rings is 1. The Morgan fingerprint density at radius 1 is 1.21 bits per heavy atom. The van der Waals surface area contributed by atoms with Crippen molar-refractivity contribution in [3.8, 4) is 0 Å². The topological polar surface area (TPSA) is 39.2 Å². The minimum Gasteiger partial charge on any atom is -0.460 e. The van der Waals surface area contributed by atoms with Crippen molar-refractivity contribution in [1.82, 2.24) is 4.98 Å². The van der Waals surface area contributed by atoms with Crippen LogP contribution in [0, 0.1) is 0 Å². The maximum atomic E-state index is 11.6. The molecule has 1 aromatic carbocycles. The molecule has 0 spiro atoms. The van der Waals surface area contributed by atoms with E-state index in [2.05, 4.69) is 4.98 Å². The number of benzene rings is 1. The quantitative estimate of drug-likeness (QED) is 0.480. The second-order valence-corrected chi connectivity index (χ2v) is 5.19. The molecule has 3 nitrogen and oxygen atoms in total. The molecule has 0 bridgehead atoms. The fourth-order valence-corrected chi connectivity index (χ4v) is 2.19. The van der Waals surface area contributed by atoms with Gasteiger partial charge in [-0.1, -0.05) is 35.9 Å². The van der Waals surface area contributed by atoms with Gasteiger partial charge in [-0.25, -0.2) is 4.98 Å².